The van der Waals surface area contributed by atoms with E-state index < -0.39 is 11.6 Å². The van der Waals surface area contributed by atoms with Gasteiger partial charge in [-0.05, 0) is 0 Å². The van der Waals surface area contributed by atoms with Crippen LogP contribution in [0.15, 0.2) is 12.1 Å². The molecule has 1 aliphatic heterocycles. The van der Waals surface area contributed by atoms with Gasteiger partial charge in [-0.2, -0.15) is 0 Å². The molecule has 0 spiro atoms. The van der Waals surface area contributed by atoms with Gasteiger partial charge in [0.05, 0.1) is 33.0 Å². The van der Waals surface area contributed by atoms with Crippen molar-refractivity contribution in [1.82, 2.24) is 4.90 Å². The van der Waals surface area contributed by atoms with Crippen LogP contribution < -0.4 is 4.74 Å². The van der Waals surface area contributed by atoms with Gasteiger partial charge < -0.3 is 14.6 Å². The second-order valence-electron chi connectivity index (χ2n) is 4.45. The van der Waals surface area contributed by atoms with E-state index >= 15 is 0 Å². The fourth-order valence-corrected chi connectivity index (χ4v) is 2.12. The quantitative estimate of drug-likeness (QED) is 0.894. The molecule has 4 nitrogen and oxygen atoms in total. The van der Waals surface area contributed by atoms with Crippen molar-refractivity contribution in [2.75, 3.05) is 33.5 Å². The molecule has 1 aromatic rings. The molecule has 2 rings (SSSR count). The van der Waals surface area contributed by atoms with E-state index in [2.05, 4.69) is 0 Å². The minimum absolute atomic E-state index is 0.0128. The molecule has 1 unspecified atom stereocenters. The molecule has 0 amide bonds. The Bertz CT molecular complexity index is 419. The average Bonchev–Trinajstić information content (AvgIpc) is 2.43. The van der Waals surface area contributed by atoms with Gasteiger partial charge in [-0.15, -0.1) is 0 Å². The van der Waals surface area contributed by atoms with E-state index in [1.165, 1.54) is 7.11 Å². The number of ether oxygens (including phenoxy) is 2. The number of hydrogen-bond acceptors (Lipinski definition) is 4. The molecule has 6 heteroatoms. The highest BCUT2D eigenvalue weighted by Crippen LogP contribution is 2.23. The van der Waals surface area contributed by atoms with Gasteiger partial charge in [-0.3, -0.25) is 4.90 Å². The van der Waals surface area contributed by atoms with E-state index in [-0.39, 0.29) is 30.5 Å². The van der Waals surface area contributed by atoms with Crippen LogP contribution in [0, 0.1) is 11.6 Å². The highest BCUT2D eigenvalue weighted by molar-refractivity contribution is 5.30. The van der Waals surface area contributed by atoms with Crippen LogP contribution in [0.5, 0.6) is 5.75 Å². The Kier molecular flexibility index (Phi) is 4.68. The Morgan fingerprint density at radius 1 is 1.42 bits per heavy atom. The lowest BCUT2D eigenvalue weighted by molar-refractivity contribution is -0.0320. The summed E-state index contributed by atoms with van der Waals surface area (Å²) < 4.78 is 37.7. The van der Waals surface area contributed by atoms with Crippen LogP contribution in [-0.4, -0.2) is 49.5 Å². The number of hydrogen-bond donors (Lipinski definition) is 1. The second kappa shape index (κ2) is 6.27. The largest absolute Gasteiger partial charge is 0.497 e. The minimum atomic E-state index is -0.639. The molecule has 1 aliphatic rings. The van der Waals surface area contributed by atoms with Crippen molar-refractivity contribution in [2.24, 2.45) is 0 Å². The van der Waals surface area contributed by atoms with Crippen LogP contribution in [0.25, 0.3) is 0 Å². The molecule has 1 N–H and O–H groups in total. The summed E-state index contributed by atoms with van der Waals surface area (Å²) in [7, 11) is 1.36. The lowest BCUT2D eigenvalue weighted by Gasteiger charge is -2.34. The third-order valence-electron chi connectivity index (χ3n) is 3.27. The third kappa shape index (κ3) is 3.20. The van der Waals surface area contributed by atoms with Gasteiger partial charge in [0, 0.05) is 30.8 Å². The molecular formula is C13H17F2NO3. The maximum atomic E-state index is 13.8. The van der Waals surface area contributed by atoms with Gasteiger partial charge in [-0.1, -0.05) is 0 Å². The Labute approximate surface area is 110 Å². The molecule has 0 aliphatic carbocycles. The maximum absolute atomic E-state index is 13.8. The van der Waals surface area contributed by atoms with Crippen LogP contribution in [0.1, 0.15) is 5.56 Å². The van der Waals surface area contributed by atoms with Crippen LogP contribution >= 0.6 is 0 Å². The highest BCUT2D eigenvalue weighted by atomic mass is 19.1. The summed E-state index contributed by atoms with van der Waals surface area (Å²) >= 11 is 0. The zero-order valence-electron chi connectivity index (χ0n) is 10.7. The first-order valence-electron chi connectivity index (χ1n) is 6.10. The predicted molar refractivity (Wildman–Crippen MR) is 65.0 cm³/mol. The number of rotatable bonds is 4. The summed E-state index contributed by atoms with van der Waals surface area (Å²) in [5, 5.41) is 9.23. The van der Waals surface area contributed by atoms with Crippen molar-refractivity contribution in [1.29, 1.82) is 0 Å². The topological polar surface area (TPSA) is 41.9 Å². The Morgan fingerprint density at radius 2 is 2.11 bits per heavy atom. The zero-order valence-corrected chi connectivity index (χ0v) is 10.7. The normalized spacial score (nSPS) is 20.5. The van der Waals surface area contributed by atoms with Gasteiger partial charge in [0.15, 0.2) is 0 Å². The first kappa shape index (κ1) is 14.2. The standard InChI is InChI=1S/C13H17F2NO3/c1-18-10-4-12(14)11(13(15)5-10)6-16-2-3-19-8-9(16)7-17/h4-5,9,17H,2-3,6-8H2,1H3. The minimum Gasteiger partial charge on any atom is -0.497 e. The van der Waals surface area contributed by atoms with Gasteiger partial charge in [0.2, 0.25) is 0 Å². The lowest BCUT2D eigenvalue weighted by Crippen LogP contribution is -2.47. The van der Waals surface area contributed by atoms with E-state index in [9.17, 15) is 13.9 Å². The molecule has 19 heavy (non-hydrogen) atoms. The summed E-state index contributed by atoms with van der Waals surface area (Å²) in [6.45, 7) is 1.41. The molecule has 1 atom stereocenters. The van der Waals surface area contributed by atoms with Crippen molar-refractivity contribution in [2.45, 2.75) is 12.6 Å². The molecule has 0 bridgehead atoms. The number of aliphatic hydroxyl groups is 1. The van der Waals surface area contributed by atoms with E-state index in [0.29, 0.717) is 19.8 Å². The zero-order chi connectivity index (χ0) is 13.8. The van der Waals surface area contributed by atoms with Crippen LogP contribution in [-0.2, 0) is 11.3 Å². The number of aliphatic hydroxyl groups excluding tert-OH is 1. The number of benzene rings is 1. The first-order valence-corrected chi connectivity index (χ1v) is 6.10. The summed E-state index contributed by atoms with van der Waals surface area (Å²) in [6.07, 6.45) is 0. The maximum Gasteiger partial charge on any atom is 0.134 e. The third-order valence-corrected chi connectivity index (χ3v) is 3.27. The lowest BCUT2D eigenvalue weighted by atomic mass is 10.1. The van der Waals surface area contributed by atoms with Gasteiger partial charge >= 0.3 is 0 Å². The van der Waals surface area contributed by atoms with Crippen molar-refractivity contribution < 1.29 is 23.4 Å². The van der Waals surface area contributed by atoms with Gasteiger partial charge in [-0.25, -0.2) is 8.78 Å². The SMILES string of the molecule is COc1cc(F)c(CN2CCOCC2CO)c(F)c1. The summed E-state index contributed by atoms with van der Waals surface area (Å²) in [5.74, 6) is -1.13. The van der Waals surface area contributed by atoms with Crippen molar-refractivity contribution >= 4 is 0 Å². The molecule has 1 aromatic carbocycles. The Balaban J connectivity index is 2.18. The van der Waals surface area contributed by atoms with E-state index in [4.69, 9.17) is 9.47 Å². The molecule has 1 heterocycles. The molecule has 0 saturated carbocycles. The fourth-order valence-electron chi connectivity index (χ4n) is 2.12. The van der Waals surface area contributed by atoms with Crippen molar-refractivity contribution in [3.63, 3.8) is 0 Å². The van der Waals surface area contributed by atoms with E-state index in [1.807, 2.05) is 4.90 Å². The summed E-state index contributed by atoms with van der Waals surface area (Å²) in [6, 6.07) is 2.09. The van der Waals surface area contributed by atoms with E-state index in [0.717, 1.165) is 12.1 Å². The number of halogens is 2. The molecule has 0 aromatic heterocycles. The molecule has 0 radical (unpaired) electrons. The fraction of sp³-hybridized carbons (Fsp3) is 0.538. The molecule has 1 fully saturated rings. The highest BCUT2D eigenvalue weighted by Gasteiger charge is 2.24. The average molecular weight is 273 g/mol. The summed E-state index contributed by atoms with van der Waals surface area (Å²) in [4.78, 5) is 1.82. The van der Waals surface area contributed by atoms with Crippen molar-refractivity contribution in [3.05, 3.63) is 29.3 Å². The molecule has 106 valence electrons. The monoisotopic (exact) mass is 273 g/mol. The van der Waals surface area contributed by atoms with Crippen LogP contribution in [0.4, 0.5) is 8.78 Å². The predicted octanol–water partition coefficient (Wildman–Crippen LogP) is 1.17. The smallest absolute Gasteiger partial charge is 0.134 e. The van der Waals surface area contributed by atoms with Crippen LogP contribution in [0.3, 0.4) is 0 Å². The molecular weight excluding hydrogens is 256 g/mol. The van der Waals surface area contributed by atoms with Crippen molar-refractivity contribution in [3.8, 4) is 5.75 Å². The van der Waals surface area contributed by atoms with Crippen LogP contribution in [0.2, 0.25) is 0 Å². The van der Waals surface area contributed by atoms with E-state index in [1.54, 1.807) is 0 Å². The Morgan fingerprint density at radius 3 is 2.68 bits per heavy atom. The first-order chi connectivity index (χ1) is 9.15. The molecule has 1 saturated heterocycles. The second-order valence-corrected chi connectivity index (χ2v) is 4.45. The number of morpholine rings is 1. The van der Waals surface area contributed by atoms with Gasteiger partial charge in [0.25, 0.3) is 0 Å². The number of methoxy groups -OCH3 is 1. The number of nitrogens with zero attached hydrogens (tertiary/aromatic N) is 1. The summed E-state index contributed by atoms with van der Waals surface area (Å²) in [5.41, 5.74) is -0.0128. The van der Waals surface area contributed by atoms with Gasteiger partial charge in [0.1, 0.15) is 17.4 Å². The Hall–Kier alpha value is -1.24.